The predicted molar refractivity (Wildman–Crippen MR) is 115 cm³/mol. The van der Waals surface area contributed by atoms with Gasteiger partial charge in [-0.2, -0.15) is 0 Å². The van der Waals surface area contributed by atoms with E-state index in [0.29, 0.717) is 29.4 Å². The number of benzene rings is 2. The first-order valence-corrected chi connectivity index (χ1v) is 9.61. The molecule has 4 rings (SSSR count). The number of halogens is 1. The van der Waals surface area contributed by atoms with Gasteiger partial charge in [0.25, 0.3) is 0 Å². The average molecular weight is 417 g/mol. The third kappa shape index (κ3) is 4.87. The number of aromatic nitrogens is 3. The van der Waals surface area contributed by atoms with Gasteiger partial charge in [-0.1, -0.05) is 6.07 Å². The lowest BCUT2D eigenvalue weighted by atomic mass is 10.1. The van der Waals surface area contributed by atoms with Crippen LogP contribution in [0.3, 0.4) is 0 Å². The summed E-state index contributed by atoms with van der Waals surface area (Å²) in [5.41, 5.74) is 13.5. The molecule has 0 bridgehead atoms. The molecule has 0 fully saturated rings. The lowest BCUT2D eigenvalue weighted by Crippen LogP contribution is -2.11. The number of carbonyl (C=O) groups excluding carboxylic acids is 1. The standard InChI is InChI=1S/C23H20FN5O2/c24-16-6-11-19(12-7-16)31-18-9-4-15(5-10-18)20-2-1-3-22(28-20)29-14-17(27-23(29)26)8-13-21(25)30/h1-7,9-12,14H,8,13H2,(H2,25,30)(H2,26,27). The number of imidazole rings is 1. The van der Waals surface area contributed by atoms with Crippen LogP contribution in [0.4, 0.5) is 10.3 Å². The van der Waals surface area contributed by atoms with Gasteiger partial charge < -0.3 is 16.2 Å². The topological polar surface area (TPSA) is 109 Å². The smallest absolute Gasteiger partial charge is 0.217 e. The van der Waals surface area contributed by atoms with Crippen molar-refractivity contribution in [3.63, 3.8) is 0 Å². The number of nitrogen functional groups attached to an aromatic ring is 1. The van der Waals surface area contributed by atoms with Crippen LogP contribution in [0.5, 0.6) is 11.5 Å². The molecule has 4 aromatic rings. The zero-order valence-electron chi connectivity index (χ0n) is 16.5. The molecule has 0 aliphatic heterocycles. The maximum absolute atomic E-state index is 13.0. The second-order valence-electron chi connectivity index (χ2n) is 6.89. The summed E-state index contributed by atoms with van der Waals surface area (Å²) in [7, 11) is 0. The Morgan fingerprint density at radius 3 is 2.32 bits per heavy atom. The number of nitrogens with zero attached hydrogens (tertiary/aromatic N) is 3. The zero-order valence-corrected chi connectivity index (χ0v) is 16.5. The average Bonchev–Trinajstić information content (AvgIpc) is 3.15. The van der Waals surface area contributed by atoms with Crippen molar-refractivity contribution in [2.45, 2.75) is 12.8 Å². The Morgan fingerprint density at radius 2 is 1.65 bits per heavy atom. The fourth-order valence-corrected chi connectivity index (χ4v) is 3.05. The maximum atomic E-state index is 13.0. The first-order valence-electron chi connectivity index (χ1n) is 9.61. The summed E-state index contributed by atoms with van der Waals surface area (Å²) in [6, 6.07) is 18.8. The Balaban J connectivity index is 1.53. The Bertz CT molecular complexity index is 1200. The fraction of sp³-hybridized carbons (Fsp3) is 0.0870. The number of amides is 1. The van der Waals surface area contributed by atoms with Crippen LogP contribution in [0.25, 0.3) is 17.1 Å². The number of nitrogens with two attached hydrogens (primary N) is 2. The number of pyridine rings is 1. The molecule has 2 heterocycles. The Morgan fingerprint density at radius 1 is 0.968 bits per heavy atom. The van der Waals surface area contributed by atoms with Gasteiger partial charge in [0.05, 0.1) is 11.4 Å². The van der Waals surface area contributed by atoms with E-state index in [0.717, 1.165) is 11.3 Å². The molecule has 31 heavy (non-hydrogen) atoms. The van der Waals surface area contributed by atoms with Crippen LogP contribution in [0.1, 0.15) is 12.1 Å². The minimum absolute atomic E-state index is 0.205. The third-order valence-electron chi connectivity index (χ3n) is 4.59. The largest absolute Gasteiger partial charge is 0.457 e. The highest BCUT2D eigenvalue weighted by molar-refractivity contribution is 5.73. The van der Waals surface area contributed by atoms with E-state index in [1.807, 2.05) is 42.5 Å². The number of rotatable bonds is 7. The van der Waals surface area contributed by atoms with Crippen molar-refractivity contribution in [2.24, 2.45) is 5.73 Å². The van der Waals surface area contributed by atoms with Crippen LogP contribution in [0.2, 0.25) is 0 Å². The van der Waals surface area contributed by atoms with E-state index in [4.69, 9.17) is 16.2 Å². The molecule has 0 saturated heterocycles. The second-order valence-corrected chi connectivity index (χ2v) is 6.89. The fourth-order valence-electron chi connectivity index (χ4n) is 3.05. The Labute approximate surface area is 178 Å². The number of hydrogen-bond acceptors (Lipinski definition) is 5. The summed E-state index contributed by atoms with van der Waals surface area (Å²) >= 11 is 0. The molecule has 0 aliphatic rings. The van der Waals surface area contributed by atoms with Crippen LogP contribution in [-0.2, 0) is 11.2 Å². The highest BCUT2D eigenvalue weighted by Crippen LogP contribution is 2.26. The van der Waals surface area contributed by atoms with Gasteiger partial charge in [-0.15, -0.1) is 0 Å². The highest BCUT2D eigenvalue weighted by atomic mass is 19.1. The van der Waals surface area contributed by atoms with Gasteiger partial charge in [0.2, 0.25) is 11.9 Å². The monoisotopic (exact) mass is 417 g/mol. The lowest BCUT2D eigenvalue weighted by Gasteiger charge is -2.08. The van der Waals surface area contributed by atoms with E-state index in [2.05, 4.69) is 9.97 Å². The van der Waals surface area contributed by atoms with Crippen LogP contribution >= 0.6 is 0 Å². The highest BCUT2D eigenvalue weighted by Gasteiger charge is 2.10. The molecule has 0 aliphatic carbocycles. The lowest BCUT2D eigenvalue weighted by molar-refractivity contribution is -0.118. The number of ether oxygens (including phenoxy) is 1. The third-order valence-corrected chi connectivity index (χ3v) is 4.59. The van der Waals surface area contributed by atoms with E-state index in [1.165, 1.54) is 12.1 Å². The van der Waals surface area contributed by atoms with Crippen molar-refractivity contribution >= 4 is 11.9 Å². The van der Waals surface area contributed by atoms with Gasteiger partial charge >= 0.3 is 0 Å². The van der Waals surface area contributed by atoms with Crippen molar-refractivity contribution in [3.05, 3.63) is 84.4 Å². The molecule has 0 atom stereocenters. The van der Waals surface area contributed by atoms with Crippen molar-refractivity contribution in [2.75, 3.05) is 5.73 Å². The molecule has 2 aromatic carbocycles. The maximum Gasteiger partial charge on any atom is 0.217 e. The Hall–Kier alpha value is -4.20. The van der Waals surface area contributed by atoms with Gasteiger partial charge in [-0.25, -0.2) is 14.4 Å². The first kappa shape index (κ1) is 20.1. The van der Waals surface area contributed by atoms with Crippen molar-refractivity contribution in [3.8, 4) is 28.6 Å². The molecular formula is C23H20FN5O2. The number of primary amides is 1. The van der Waals surface area contributed by atoms with E-state index in [9.17, 15) is 9.18 Å². The quantitative estimate of drug-likeness (QED) is 0.474. The van der Waals surface area contributed by atoms with E-state index < -0.39 is 0 Å². The molecule has 0 unspecified atom stereocenters. The Kier molecular flexibility index (Phi) is 5.61. The number of carbonyl (C=O) groups is 1. The summed E-state index contributed by atoms with van der Waals surface area (Å²) in [6.45, 7) is 0. The molecule has 4 N–H and O–H groups in total. The molecule has 2 aromatic heterocycles. The van der Waals surface area contributed by atoms with Gasteiger partial charge in [-0.05, 0) is 60.7 Å². The molecular weight excluding hydrogens is 397 g/mol. The minimum Gasteiger partial charge on any atom is -0.457 e. The van der Waals surface area contributed by atoms with E-state index in [-0.39, 0.29) is 24.1 Å². The van der Waals surface area contributed by atoms with Gasteiger partial charge in [0.15, 0.2) is 0 Å². The van der Waals surface area contributed by atoms with Crippen molar-refractivity contribution in [1.29, 1.82) is 0 Å². The molecule has 156 valence electrons. The van der Waals surface area contributed by atoms with Gasteiger partial charge in [-0.3, -0.25) is 9.36 Å². The van der Waals surface area contributed by atoms with Crippen LogP contribution < -0.4 is 16.2 Å². The predicted octanol–water partition coefficient (Wildman–Crippen LogP) is 3.87. The van der Waals surface area contributed by atoms with Crippen LogP contribution in [0, 0.1) is 5.82 Å². The van der Waals surface area contributed by atoms with E-state index in [1.54, 1.807) is 22.9 Å². The molecule has 1 amide bonds. The van der Waals surface area contributed by atoms with Gasteiger partial charge in [0, 0.05) is 24.6 Å². The van der Waals surface area contributed by atoms with Crippen LogP contribution in [-0.4, -0.2) is 20.4 Å². The molecule has 0 spiro atoms. The molecule has 7 nitrogen and oxygen atoms in total. The number of hydrogen-bond donors (Lipinski definition) is 2. The minimum atomic E-state index is -0.389. The first-order chi connectivity index (χ1) is 15.0. The van der Waals surface area contributed by atoms with Crippen LogP contribution in [0.15, 0.2) is 72.9 Å². The van der Waals surface area contributed by atoms with Crippen molar-refractivity contribution in [1.82, 2.24) is 14.5 Å². The van der Waals surface area contributed by atoms with Crippen molar-refractivity contribution < 1.29 is 13.9 Å². The summed E-state index contributed by atoms with van der Waals surface area (Å²) in [6.07, 6.45) is 2.38. The summed E-state index contributed by atoms with van der Waals surface area (Å²) in [5.74, 6) is 1.38. The second kappa shape index (κ2) is 8.66. The summed E-state index contributed by atoms with van der Waals surface area (Å²) < 4.78 is 20.4. The number of anilines is 1. The molecule has 0 saturated carbocycles. The molecule has 0 radical (unpaired) electrons. The summed E-state index contributed by atoms with van der Waals surface area (Å²) in [5, 5.41) is 0. The number of aryl methyl sites for hydroxylation is 1. The zero-order chi connectivity index (χ0) is 21.8. The SMILES string of the molecule is NC(=O)CCc1cn(-c2cccc(-c3ccc(Oc4ccc(F)cc4)cc3)n2)c(N)n1. The molecule has 8 heteroatoms. The normalized spacial score (nSPS) is 10.7. The van der Waals surface area contributed by atoms with E-state index >= 15 is 0 Å². The van der Waals surface area contributed by atoms with Gasteiger partial charge in [0.1, 0.15) is 23.1 Å². The summed E-state index contributed by atoms with van der Waals surface area (Å²) in [4.78, 5) is 19.9.